The first-order chi connectivity index (χ1) is 13.6. The lowest BCUT2D eigenvalue weighted by atomic mass is 9.99. The Bertz CT molecular complexity index is 1050. The molecule has 1 saturated heterocycles. The highest BCUT2D eigenvalue weighted by Crippen LogP contribution is 2.42. The highest BCUT2D eigenvalue weighted by atomic mass is 16.5. The zero-order valence-electron chi connectivity index (χ0n) is 15.0. The molecule has 0 aliphatic carbocycles. The summed E-state index contributed by atoms with van der Waals surface area (Å²) in [4.78, 5) is 27.1. The molecule has 1 aromatic heterocycles. The van der Waals surface area contributed by atoms with Crippen LogP contribution in [0, 0.1) is 0 Å². The maximum absolute atomic E-state index is 12.9. The Morgan fingerprint density at radius 3 is 2.50 bits per heavy atom. The zero-order chi connectivity index (χ0) is 19.7. The van der Waals surface area contributed by atoms with Crippen LogP contribution in [0.4, 0.5) is 5.69 Å². The quantitative estimate of drug-likeness (QED) is 0.425. The van der Waals surface area contributed by atoms with Gasteiger partial charge in [-0.05, 0) is 24.3 Å². The summed E-state index contributed by atoms with van der Waals surface area (Å²) in [5.74, 6) is -0.844. The number of anilines is 1. The number of hydrogen-bond acceptors (Lipinski definition) is 5. The van der Waals surface area contributed by atoms with E-state index >= 15 is 0 Å². The van der Waals surface area contributed by atoms with Crippen LogP contribution in [0.1, 0.15) is 17.4 Å². The second-order valence-electron chi connectivity index (χ2n) is 6.25. The summed E-state index contributed by atoms with van der Waals surface area (Å²) in [6, 6.07) is 17.9. The molecule has 6 nitrogen and oxygen atoms in total. The highest BCUT2D eigenvalue weighted by molar-refractivity contribution is 6.51. The van der Waals surface area contributed by atoms with Crippen LogP contribution < -0.4 is 9.64 Å². The number of aliphatic hydroxyl groups excluding tert-OH is 1. The van der Waals surface area contributed by atoms with Gasteiger partial charge in [0, 0.05) is 17.3 Å². The van der Waals surface area contributed by atoms with Gasteiger partial charge in [0.15, 0.2) is 0 Å². The number of carbonyl (C=O) groups excluding carboxylic acids is 2. The van der Waals surface area contributed by atoms with E-state index in [4.69, 9.17) is 9.15 Å². The van der Waals surface area contributed by atoms with Crippen molar-refractivity contribution in [2.45, 2.75) is 6.04 Å². The first kappa shape index (κ1) is 17.6. The molecule has 6 heteroatoms. The normalized spacial score (nSPS) is 18.5. The lowest BCUT2D eigenvalue weighted by Crippen LogP contribution is -2.29. The van der Waals surface area contributed by atoms with Gasteiger partial charge in [-0.2, -0.15) is 0 Å². The van der Waals surface area contributed by atoms with Crippen LogP contribution in [0.3, 0.4) is 0 Å². The van der Waals surface area contributed by atoms with Gasteiger partial charge in [-0.15, -0.1) is 0 Å². The fraction of sp³-hybridized carbons (Fsp3) is 0.0909. The summed E-state index contributed by atoms with van der Waals surface area (Å²) >= 11 is 0. The van der Waals surface area contributed by atoms with E-state index in [9.17, 15) is 14.7 Å². The van der Waals surface area contributed by atoms with Crippen LogP contribution in [0.5, 0.6) is 5.75 Å². The second-order valence-corrected chi connectivity index (χ2v) is 6.25. The number of furan rings is 1. The smallest absolute Gasteiger partial charge is 0.300 e. The van der Waals surface area contributed by atoms with Crippen molar-refractivity contribution < 1.29 is 23.8 Å². The average Bonchev–Trinajstić information content (AvgIpc) is 3.35. The summed E-state index contributed by atoms with van der Waals surface area (Å²) in [7, 11) is 1.52. The predicted molar refractivity (Wildman–Crippen MR) is 103 cm³/mol. The van der Waals surface area contributed by atoms with Crippen LogP contribution in [-0.4, -0.2) is 23.9 Å². The van der Waals surface area contributed by atoms with Gasteiger partial charge in [-0.25, -0.2) is 0 Å². The molecule has 4 rings (SSSR count). The van der Waals surface area contributed by atoms with Gasteiger partial charge in [0.05, 0.1) is 18.9 Å². The van der Waals surface area contributed by atoms with Gasteiger partial charge in [-0.1, -0.05) is 36.4 Å². The molecule has 28 heavy (non-hydrogen) atoms. The van der Waals surface area contributed by atoms with Crippen LogP contribution in [0.15, 0.2) is 83.0 Å². The summed E-state index contributed by atoms with van der Waals surface area (Å²) < 4.78 is 10.8. The number of amides is 1. The van der Waals surface area contributed by atoms with Crippen molar-refractivity contribution in [3.8, 4) is 5.75 Å². The van der Waals surface area contributed by atoms with E-state index in [2.05, 4.69) is 0 Å². The molecule has 0 spiro atoms. The molecule has 0 bridgehead atoms. The SMILES string of the molecule is COc1cccc(N2C(=O)C(=O)/C(=C(\O)c3ccccc3)C2c2ccco2)c1. The number of rotatable bonds is 4. The Kier molecular flexibility index (Phi) is 4.45. The van der Waals surface area contributed by atoms with Crippen LogP contribution in [0.2, 0.25) is 0 Å². The molecular formula is C22H17NO5. The molecule has 0 saturated carbocycles. The predicted octanol–water partition coefficient (Wildman–Crippen LogP) is 3.91. The van der Waals surface area contributed by atoms with Crippen molar-refractivity contribution in [2.75, 3.05) is 12.0 Å². The van der Waals surface area contributed by atoms with E-state index in [1.165, 1.54) is 18.3 Å². The van der Waals surface area contributed by atoms with Gasteiger partial charge in [0.25, 0.3) is 11.7 Å². The van der Waals surface area contributed by atoms with E-state index in [1.807, 2.05) is 0 Å². The Labute approximate surface area is 161 Å². The van der Waals surface area contributed by atoms with Gasteiger partial charge in [-0.3, -0.25) is 14.5 Å². The van der Waals surface area contributed by atoms with Crippen molar-refractivity contribution in [1.29, 1.82) is 0 Å². The van der Waals surface area contributed by atoms with Crippen molar-refractivity contribution in [1.82, 2.24) is 0 Å². The van der Waals surface area contributed by atoms with Crippen molar-refractivity contribution >= 4 is 23.1 Å². The number of carbonyl (C=O) groups is 2. The van der Waals surface area contributed by atoms with E-state index < -0.39 is 17.7 Å². The molecule has 1 amide bonds. The molecule has 0 radical (unpaired) electrons. The van der Waals surface area contributed by atoms with Crippen molar-refractivity contribution in [2.24, 2.45) is 0 Å². The Balaban J connectivity index is 1.92. The number of ketones is 1. The summed E-state index contributed by atoms with van der Waals surface area (Å²) in [6.45, 7) is 0. The van der Waals surface area contributed by atoms with Gasteiger partial charge in [0.1, 0.15) is 23.3 Å². The fourth-order valence-corrected chi connectivity index (χ4v) is 3.33. The molecule has 1 atom stereocenters. The fourth-order valence-electron chi connectivity index (χ4n) is 3.33. The van der Waals surface area contributed by atoms with Gasteiger partial charge < -0.3 is 14.3 Å². The maximum atomic E-state index is 12.9. The average molecular weight is 375 g/mol. The van der Waals surface area contributed by atoms with Crippen LogP contribution in [0.25, 0.3) is 5.76 Å². The third kappa shape index (κ3) is 2.85. The number of hydrogen-bond donors (Lipinski definition) is 1. The Morgan fingerprint density at radius 1 is 1.04 bits per heavy atom. The number of methoxy groups -OCH3 is 1. The van der Waals surface area contributed by atoms with E-state index in [1.54, 1.807) is 66.7 Å². The molecule has 2 aromatic carbocycles. The molecule has 1 aliphatic rings. The monoisotopic (exact) mass is 375 g/mol. The van der Waals surface area contributed by atoms with E-state index in [0.29, 0.717) is 22.8 Å². The number of Topliss-reactive ketones (excluding diaryl/α,β-unsaturated/α-hetero) is 1. The van der Waals surface area contributed by atoms with Gasteiger partial charge in [0.2, 0.25) is 0 Å². The van der Waals surface area contributed by atoms with Crippen LogP contribution >= 0.6 is 0 Å². The molecule has 3 aromatic rings. The molecule has 1 unspecified atom stereocenters. The molecule has 140 valence electrons. The summed E-state index contributed by atoms with van der Waals surface area (Å²) in [5, 5.41) is 10.9. The highest BCUT2D eigenvalue weighted by Gasteiger charge is 2.48. The third-order valence-electron chi connectivity index (χ3n) is 4.64. The first-order valence-electron chi connectivity index (χ1n) is 8.65. The Hall–Kier alpha value is -3.80. The number of benzene rings is 2. The number of ether oxygens (including phenoxy) is 1. The molecule has 1 fully saturated rings. The van der Waals surface area contributed by atoms with E-state index in [0.717, 1.165) is 0 Å². The zero-order valence-corrected chi connectivity index (χ0v) is 15.0. The minimum atomic E-state index is -0.887. The van der Waals surface area contributed by atoms with E-state index in [-0.39, 0.29) is 11.3 Å². The van der Waals surface area contributed by atoms with Crippen molar-refractivity contribution in [3.63, 3.8) is 0 Å². The molecular weight excluding hydrogens is 358 g/mol. The lowest BCUT2D eigenvalue weighted by molar-refractivity contribution is -0.132. The molecule has 1 N–H and O–H groups in total. The standard InChI is InChI=1S/C22H17NO5/c1-27-16-10-5-9-15(13-16)23-19(17-11-6-12-28-17)18(21(25)22(23)26)20(24)14-7-3-2-4-8-14/h2-13,19,24H,1H3/b20-18-. The topological polar surface area (TPSA) is 80.0 Å². The van der Waals surface area contributed by atoms with Crippen molar-refractivity contribution in [3.05, 3.63) is 89.9 Å². The number of nitrogens with zero attached hydrogens (tertiary/aromatic N) is 1. The maximum Gasteiger partial charge on any atom is 0.300 e. The third-order valence-corrected chi connectivity index (χ3v) is 4.64. The summed E-state index contributed by atoms with van der Waals surface area (Å²) in [6.07, 6.45) is 1.46. The largest absolute Gasteiger partial charge is 0.507 e. The number of aliphatic hydroxyl groups is 1. The second kappa shape index (κ2) is 7.08. The molecule has 1 aliphatic heterocycles. The first-order valence-corrected chi connectivity index (χ1v) is 8.65. The minimum Gasteiger partial charge on any atom is -0.507 e. The molecule has 2 heterocycles. The Morgan fingerprint density at radius 2 is 1.82 bits per heavy atom. The summed E-state index contributed by atoms with van der Waals surface area (Å²) in [5.41, 5.74) is 0.895. The van der Waals surface area contributed by atoms with Gasteiger partial charge >= 0.3 is 0 Å². The lowest BCUT2D eigenvalue weighted by Gasteiger charge is -2.23. The minimum absolute atomic E-state index is 0.0195. The van der Waals surface area contributed by atoms with Crippen LogP contribution in [-0.2, 0) is 9.59 Å².